The number of amides is 1. The average molecular weight is 314 g/mol. The fourth-order valence-electron chi connectivity index (χ4n) is 2.90. The molecule has 1 aliphatic rings. The Morgan fingerprint density at radius 3 is 3.09 bits per heavy atom. The van der Waals surface area contributed by atoms with Crippen LogP contribution in [0.5, 0.6) is 5.75 Å². The average Bonchev–Trinajstić information content (AvgIpc) is 2.93. The summed E-state index contributed by atoms with van der Waals surface area (Å²) in [5, 5.41) is 6.96. The van der Waals surface area contributed by atoms with Crippen LogP contribution in [0.2, 0.25) is 0 Å². The number of nitrogens with zero attached hydrogens (tertiary/aromatic N) is 1. The lowest BCUT2D eigenvalue weighted by atomic mass is 10.0. The second kappa shape index (κ2) is 6.86. The van der Waals surface area contributed by atoms with Crippen LogP contribution in [-0.4, -0.2) is 17.7 Å². The second-order valence-electron chi connectivity index (χ2n) is 5.87. The molecule has 5 nitrogen and oxygen atoms in total. The number of fused-ring (bicyclic) bond motifs is 1. The van der Waals surface area contributed by atoms with Crippen molar-refractivity contribution in [2.24, 2.45) is 0 Å². The molecule has 0 unspecified atom stereocenters. The van der Waals surface area contributed by atoms with Gasteiger partial charge in [-0.05, 0) is 43.4 Å². The smallest absolute Gasteiger partial charge is 0.224 e. The molecule has 2 aromatic rings. The van der Waals surface area contributed by atoms with E-state index in [2.05, 4.69) is 16.5 Å². The van der Waals surface area contributed by atoms with Gasteiger partial charge in [0.1, 0.15) is 11.5 Å². The number of hydrogen-bond donors (Lipinski definition) is 1. The van der Waals surface area contributed by atoms with E-state index in [4.69, 9.17) is 9.26 Å². The van der Waals surface area contributed by atoms with Gasteiger partial charge in [0.15, 0.2) is 0 Å². The van der Waals surface area contributed by atoms with Crippen LogP contribution in [0.25, 0.3) is 0 Å². The van der Waals surface area contributed by atoms with Crippen molar-refractivity contribution >= 4 is 5.91 Å². The van der Waals surface area contributed by atoms with Gasteiger partial charge < -0.3 is 14.6 Å². The summed E-state index contributed by atoms with van der Waals surface area (Å²) in [7, 11) is 0. The first kappa shape index (κ1) is 15.6. The third-order valence-corrected chi connectivity index (χ3v) is 4.20. The third-order valence-electron chi connectivity index (χ3n) is 4.20. The fourth-order valence-corrected chi connectivity index (χ4v) is 2.90. The minimum absolute atomic E-state index is 0.00401. The summed E-state index contributed by atoms with van der Waals surface area (Å²) < 4.78 is 10.8. The molecule has 0 atom stereocenters. The van der Waals surface area contributed by atoms with E-state index >= 15 is 0 Å². The van der Waals surface area contributed by atoms with E-state index in [0.29, 0.717) is 13.0 Å². The number of nitrogens with one attached hydrogen (secondary N) is 1. The molecule has 0 radical (unpaired) electrons. The zero-order chi connectivity index (χ0) is 16.2. The molecule has 2 heterocycles. The molecular weight excluding hydrogens is 292 g/mol. The zero-order valence-corrected chi connectivity index (χ0v) is 13.6. The largest absolute Gasteiger partial charge is 0.493 e. The van der Waals surface area contributed by atoms with Gasteiger partial charge in [-0.25, -0.2) is 0 Å². The molecule has 0 aliphatic carbocycles. The summed E-state index contributed by atoms with van der Waals surface area (Å²) >= 11 is 0. The Balaban J connectivity index is 1.60. The Labute approximate surface area is 136 Å². The van der Waals surface area contributed by atoms with Gasteiger partial charge in [0.2, 0.25) is 5.91 Å². The van der Waals surface area contributed by atoms with Crippen LogP contribution in [0.1, 0.15) is 41.5 Å². The van der Waals surface area contributed by atoms with Crippen molar-refractivity contribution in [3.8, 4) is 5.75 Å². The standard InChI is InChI=1S/C18H22N2O3/c1-3-16-15(12(2)23-20-16)11-19-18(21)10-13-6-7-17-14(9-13)5-4-8-22-17/h6-7,9H,3-5,8,10-11H2,1-2H3,(H,19,21). The van der Waals surface area contributed by atoms with E-state index in [1.165, 1.54) is 5.56 Å². The zero-order valence-electron chi connectivity index (χ0n) is 13.6. The molecular formula is C18H22N2O3. The molecule has 0 saturated heterocycles. The predicted molar refractivity (Wildman–Crippen MR) is 86.4 cm³/mol. The predicted octanol–water partition coefficient (Wildman–Crippen LogP) is 2.73. The molecule has 1 aliphatic heterocycles. The topological polar surface area (TPSA) is 64.4 Å². The second-order valence-corrected chi connectivity index (χ2v) is 5.87. The Kier molecular flexibility index (Phi) is 4.65. The summed E-state index contributed by atoms with van der Waals surface area (Å²) in [6.45, 7) is 5.14. The minimum Gasteiger partial charge on any atom is -0.493 e. The van der Waals surface area contributed by atoms with Gasteiger partial charge in [0.05, 0.1) is 18.7 Å². The lowest BCUT2D eigenvalue weighted by Gasteiger charge is -2.17. The molecule has 1 aromatic carbocycles. The number of carbonyl (C=O) groups excluding carboxylic acids is 1. The van der Waals surface area contributed by atoms with E-state index in [1.54, 1.807) is 0 Å². The highest BCUT2D eigenvalue weighted by molar-refractivity contribution is 5.78. The Hall–Kier alpha value is -2.30. The van der Waals surface area contributed by atoms with Crippen molar-refractivity contribution in [3.63, 3.8) is 0 Å². The van der Waals surface area contributed by atoms with Gasteiger partial charge in [0.25, 0.3) is 0 Å². The van der Waals surface area contributed by atoms with E-state index < -0.39 is 0 Å². The first-order valence-electron chi connectivity index (χ1n) is 8.12. The highest BCUT2D eigenvalue weighted by Gasteiger charge is 2.14. The quantitative estimate of drug-likeness (QED) is 0.921. The molecule has 1 aromatic heterocycles. The number of aryl methyl sites for hydroxylation is 3. The normalized spacial score (nSPS) is 13.3. The SMILES string of the molecule is CCc1noc(C)c1CNC(=O)Cc1ccc2c(c1)CCCO2. The first-order valence-corrected chi connectivity index (χ1v) is 8.12. The molecule has 23 heavy (non-hydrogen) atoms. The van der Waals surface area contributed by atoms with Gasteiger partial charge in [0, 0.05) is 12.1 Å². The molecule has 3 rings (SSSR count). The Morgan fingerprint density at radius 1 is 1.39 bits per heavy atom. The van der Waals surface area contributed by atoms with Crippen molar-refractivity contribution in [3.05, 3.63) is 46.3 Å². The number of ether oxygens (including phenoxy) is 1. The maximum atomic E-state index is 12.2. The molecule has 1 amide bonds. The van der Waals surface area contributed by atoms with Gasteiger partial charge in [-0.3, -0.25) is 4.79 Å². The maximum Gasteiger partial charge on any atom is 0.224 e. The van der Waals surface area contributed by atoms with Crippen LogP contribution in [-0.2, 0) is 30.6 Å². The third kappa shape index (κ3) is 3.55. The van der Waals surface area contributed by atoms with Crippen molar-refractivity contribution in [2.75, 3.05) is 6.61 Å². The molecule has 0 fully saturated rings. The van der Waals surface area contributed by atoms with Crippen molar-refractivity contribution < 1.29 is 14.1 Å². The van der Waals surface area contributed by atoms with Crippen LogP contribution in [0.4, 0.5) is 0 Å². The summed E-state index contributed by atoms with van der Waals surface area (Å²) in [6, 6.07) is 6.01. The molecule has 0 saturated carbocycles. The molecule has 1 N–H and O–H groups in total. The summed E-state index contributed by atoms with van der Waals surface area (Å²) in [5.41, 5.74) is 4.11. The number of benzene rings is 1. The lowest BCUT2D eigenvalue weighted by Crippen LogP contribution is -2.25. The van der Waals surface area contributed by atoms with Crippen LogP contribution >= 0.6 is 0 Å². The number of hydrogen-bond acceptors (Lipinski definition) is 4. The first-order chi connectivity index (χ1) is 11.2. The van der Waals surface area contributed by atoms with E-state index in [-0.39, 0.29) is 5.91 Å². The van der Waals surface area contributed by atoms with Crippen molar-refractivity contribution in [2.45, 2.75) is 46.1 Å². The maximum absolute atomic E-state index is 12.2. The van der Waals surface area contributed by atoms with Gasteiger partial charge in [-0.2, -0.15) is 0 Å². The highest BCUT2D eigenvalue weighted by atomic mass is 16.5. The molecule has 5 heteroatoms. The number of aromatic nitrogens is 1. The molecule has 0 bridgehead atoms. The fraction of sp³-hybridized carbons (Fsp3) is 0.444. The van der Waals surface area contributed by atoms with E-state index in [9.17, 15) is 4.79 Å². The van der Waals surface area contributed by atoms with Crippen molar-refractivity contribution in [1.29, 1.82) is 0 Å². The Bertz CT molecular complexity index is 706. The summed E-state index contributed by atoms with van der Waals surface area (Å²) in [6.07, 6.45) is 3.23. The summed E-state index contributed by atoms with van der Waals surface area (Å²) in [4.78, 5) is 12.2. The Morgan fingerprint density at radius 2 is 2.26 bits per heavy atom. The number of carbonyl (C=O) groups is 1. The number of rotatable bonds is 5. The van der Waals surface area contributed by atoms with Crippen LogP contribution in [0, 0.1) is 6.92 Å². The van der Waals surface area contributed by atoms with E-state index in [1.807, 2.05) is 26.0 Å². The van der Waals surface area contributed by atoms with Gasteiger partial charge >= 0.3 is 0 Å². The lowest BCUT2D eigenvalue weighted by molar-refractivity contribution is -0.120. The highest BCUT2D eigenvalue weighted by Crippen LogP contribution is 2.25. The van der Waals surface area contributed by atoms with Crippen molar-refractivity contribution in [1.82, 2.24) is 10.5 Å². The summed E-state index contributed by atoms with van der Waals surface area (Å²) in [5.74, 6) is 1.73. The minimum atomic E-state index is 0.00401. The van der Waals surface area contributed by atoms with Crippen LogP contribution in [0.3, 0.4) is 0 Å². The van der Waals surface area contributed by atoms with Gasteiger partial charge in [-0.1, -0.05) is 24.2 Å². The van der Waals surface area contributed by atoms with Gasteiger partial charge in [-0.15, -0.1) is 0 Å². The van der Waals surface area contributed by atoms with E-state index in [0.717, 1.165) is 54.2 Å². The van der Waals surface area contributed by atoms with Crippen LogP contribution < -0.4 is 10.1 Å². The monoisotopic (exact) mass is 314 g/mol. The van der Waals surface area contributed by atoms with Crippen LogP contribution in [0.15, 0.2) is 22.7 Å². The molecule has 0 spiro atoms. The molecule has 122 valence electrons.